The van der Waals surface area contributed by atoms with Crippen LogP contribution in [0.4, 0.5) is 0 Å². The zero-order valence-corrected chi connectivity index (χ0v) is 17.2. The molecule has 4 aliphatic heterocycles. The number of hydrogen-bond acceptors (Lipinski definition) is 9. The van der Waals surface area contributed by atoms with Gasteiger partial charge in [-0.05, 0) is 53.7 Å². The van der Waals surface area contributed by atoms with Crippen molar-refractivity contribution in [1.82, 2.24) is 0 Å². The minimum Gasteiger partial charge on any atom is -0.454 e. The van der Waals surface area contributed by atoms with Crippen molar-refractivity contribution in [3.63, 3.8) is 0 Å². The highest BCUT2D eigenvalue weighted by Crippen LogP contribution is 2.43. The molecule has 0 amide bonds. The molecule has 166 valence electrons. The summed E-state index contributed by atoms with van der Waals surface area (Å²) in [7, 11) is 0. The Morgan fingerprint density at radius 2 is 1.41 bits per heavy atom. The van der Waals surface area contributed by atoms with Crippen molar-refractivity contribution < 1.29 is 33.9 Å². The lowest BCUT2D eigenvalue weighted by atomic mass is 9.62. The lowest BCUT2D eigenvalue weighted by Gasteiger charge is -2.10. The number of nitrogens with two attached hydrogens (primary N) is 1. The fourth-order valence-electron chi connectivity index (χ4n) is 5.03. The first-order valence-corrected chi connectivity index (χ1v) is 10.5. The van der Waals surface area contributed by atoms with Crippen molar-refractivity contribution in [2.75, 3.05) is 26.7 Å². The molecule has 0 aromatic heterocycles. The zero-order valence-electron chi connectivity index (χ0n) is 17.2. The highest BCUT2D eigenvalue weighted by atomic mass is 16.7. The van der Waals surface area contributed by atoms with Gasteiger partial charge in [-0.25, -0.2) is 0 Å². The fraction of sp³-hybridized carbons (Fsp3) is 0.400. The summed E-state index contributed by atoms with van der Waals surface area (Å²) >= 11 is 0. The Morgan fingerprint density at radius 3 is 1.91 bits per heavy atom. The number of rotatable bonds is 3. The van der Waals surface area contributed by atoms with Crippen LogP contribution in [0, 0.1) is 10.1 Å². The van der Waals surface area contributed by atoms with Crippen LogP contribution in [0.1, 0.15) is 23.0 Å². The molecule has 0 fully saturated rings. The predicted octanol–water partition coefficient (Wildman–Crippen LogP) is -0.358. The van der Waals surface area contributed by atoms with Crippen molar-refractivity contribution >= 4 is 24.8 Å². The molecule has 0 saturated carbocycles. The average molecular weight is 440 g/mol. The van der Waals surface area contributed by atoms with E-state index in [0.29, 0.717) is 30.7 Å². The molecule has 2 aromatic rings. The lowest BCUT2D eigenvalue weighted by molar-refractivity contribution is -0.482. The third kappa shape index (κ3) is 3.44. The first kappa shape index (κ1) is 20.9. The summed E-state index contributed by atoms with van der Waals surface area (Å²) in [5, 5.41) is 30.4. The monoisotopic (exact) mass is 440 g/mol. The van der Waals surface area contributed by atoms with E-state index in [4.69, 9.17) is 24.7 Å². The minimum atomic E-state index is -0.649. The molecule has 4 heterocycles. The Morgan fingerprint density at radius 1 is 0.906 bits per heavy atom. The predicted molar refractivity (Wildman–Crippen MR) is 116 cm³/mol. The zero-order chi connectivity index (χ0) is 22.4. The fourth-order valence-corrected chi connectivity index (χ4v) is 5.03. The Bertz CT molecular complexity index is 1070. The number of nitrogens with zero attached hydrogens (tertiary/aromatic N) is 1. The second-order valence-corrected chi connectivity index (χ2v) is 8.25. The maximum absolute atomic E-state index is 10.6. The Hall–Kier alpha value is -2.95. The van der Waals surface area contributed by atoms with E-state index in [1.165, 1.54) is 0 Å². The van der Waals surface area contributed by atoms with Crippen LogP contribution in [-0.4, -0.2) is 55.5 Å². The van der Waals surface area contributed by atoms with Gasteiger partial charge in [-0.2, -0.15) is 0 Å². The third-order valence-electron chi connectivity index (χ3n) is 6.43. The molecule has 0 bridgehead atoms. The van der Waals surface area contributed by atoms with Crippen molar-refractivity contribution in [2.45, 2.75) is 24.5 Å². The van der Waals surface area contributed by atoms with Crippen molar-refractivity contribution in [3.05, 3.63) is 45.5 Å². The topological polar surface area (TPSA) is 147 Å². The molecule has 2 unspecified atom stereocenters. The van der Waals surface area contributed by atoms with Crippen molar-refractivity contribution in [2.24, 2.45) is 5.73 Å². The molecule has 0 radical (unpaired) electrons. The van der Waals surface area contributed by atoms with Crippen LogP contribution in [-0.2, 0) is 0 Å². The Labute approximate surface area is 184 Å². The van der Waals surface area contributed by atoms with Crippen molar-refractivity contribution in [3.8, 4) is 23.0 Å². The molecule has 12 heteroatoms. The summed E-state index contributed by atoms with van der Waals surface area (Å²) in [5.74, 6) is 2.59. The van der Waals surface area contributed by atoms with Gasteiger partial charge in [-0.15, -0.1) is 0 Å². The van der Waals surface area contributed by atoms with Gasteiger partial charge in [-0.1, -0.05) is 12.1 Å². The van der Waals surface area contributed by atoms with Crippen LogP contribution in [0.5, 0.6) is 23.0 Å². The molecule has 4 aliphatic rings. The van der Waals surface area contributed by atoms with E-state index in [1.54, 1.807) is 12.1 Å². The molecular weight excluding hydrogens is 418 g/mol. The highest BCUT2D eigenvalue weighted by molar-refractivity contribution is 6.68. The van der Waals surface area contributed by atoms with Gasteiger partial charge in [-0.3, -0.25) is 10.1 Å². The average Bonchev–Trinajstić information content (AvgIpc) is 3.53. The van der Waals surface area contributed by atoms with Crippen LogP contribution < -0.4 is 35.6 Å². The molecule has 32 heavy (non-hydrogen) atoms. The van der Waals surface area contributed by atoms with Crippen LogP contribution >= 0.6 is 0 Å². The number of nitro groups is 1. The maximum atomic E-state index is 10.6. The van der Waals surface area contributed by atoms with E-state index in [9.17, 15) is 20.2 Å². The maximum Gasteiger partial charge on any atom is 0.324 e. The van der Waals surface area contributed by atoms with E-state index >= 15 is 0 Å². The molecular formula is C20H22B2N2O8. The molecule has 10 nitrogen and oxygen atoms in total. The van der Waals surface area contributed by atoms with Crippen LogP contribution in [0.25, 0.3) is 0 Å². The number of ether oxygens (including phenoxy) is 4. The van der Waals surface area contributed by atoms with Gasteiger partial charge in [0, 0.05) is 16.4 Å². The molecule has 2 atom stereocenters. The van der Waals surface area contributed by atoms with Gasteiger partial charge >= 0.3 is 13.8 Å². The molecule has 6 rings (SSSR count). The number of hydrogen-bond donors (Lipinski definition) is 3. The van der Waals surface area contributed by atoms with Crippen LogP contribution in [0.2, 0.25) is 12.6 Å². The Balaban J connectivity index is 0.000000136. The minimum absolute atomic E-state index is 0.132. The first-order chi connectivity index (χ1) is 15.5. The quantitative estimate of drug-likeness (QED) is 0.331. The van der Waals surface area contributed by atoms with Crippen molar-refractivity contribution in [1.29, 1.82) is 0 Å². The summed E-state index contributed by atoms with van der Waals surface area (Å²) in [6.45, 7) is -0.326. The normalized spacial score (nSPS) is 21.2. The molecule has 4 N–H and O–H groups in total. The van der Waals surface area contributed by atoms with E-state index in [2.05, 4.69) is 0 Å². The van der Waals surface area contributed by atoms with E-state index < -0.39 is 13.8 Å². The summed E-state index contributed by atoms with van der Waals surface area (Å²) in [6.07, 6.45) is 1.06. The smallest absolute Gasteiger partial charge is 0.324 e. The van der Waals surface area contributed by atoms with E-state index in [-0.39, 0.29) is 36.9 Å². The SMILES string of the molecule is NCC1CB(O)c2ccc3c(c21)OCO3.O=[N+]([O-])CC1CB(O)c2ccc3c(c21)OCO3. The van der Waals surface area contributed by atoms with Crippen LogP contribution in [0.15, 0.2) is 24.3 Å². The van der Waals surface area contributed by atoms with E-state index in [0.717, 1.165) is 33.6 Å². The van der Waals surface area contributed by atoms with Gasteiger partial charge in [0.15, 0.2) is 23.0 Å². The summed E-state index contributed by atoms with van der Waals surface area (Å²) in [4.78, 5) is 10.3. The summed E-state index contributed by atoms with van der Waals surface area (Å²) < 4.78 is 21.3. The highest BCUT2D eigenvalue weighted by Gasteiger charge is 2.41. The summed E-state index contributed by atoms with van der Waals surface area (Å²) in [5.41, 5.74) is 9.14. The third-order valence-corrected chi connectivity index (χ3v) is 6.43. The Kier molecular flexibility index (Phi) is 5.36. The summed E-state index contributed by atoms with van der Waals surface area (Å²) in [6, 6.07) is 7.25. The van der Waals surface area contributed by atoms with Gasteiger partial charge in [0.2, 0.25) is 20.1 Å². The second kappa shape index (κ2) is 8.19. The van der Waals surface area contributed by atoms with Gasteiger partial charge in [0.25, 0.3) is 0 Å². The number of fused-ring (bicyclic) bond motifs is 6. The van der Waals surface area contributed by atoms with Gasteiger partial charge < -0.3 is 34.7 Å². The molecule has 2 aromatic carbocycles. The molecule has 0 aliphatic carbocycles. The lowest BCUT2D eigenvalue weighted by Crippen LogP contribution is -2.25. The molecule has 0 spiro atoms. The van der Waals surface area contributed by atoms with Gasteiger partial charge in [0.1, 0.15) is 0 Å². The largest absolute Gasteiger partial charge is 0.454 e. The number of benzene rings is 2. The first-order valence-electron chi connectivity index (χ1n) is 10.5. The molecule has 0 saturated heterocycles. The standard InChI is InChI=1S/C10H10BNO5.C10H12BNO3/c13-11-3-6(4-12(14)15)9-7(11)1-2-8-10(9)17-5-16-8;12-4-6-3-11(13)7-1-2-8-10(9(6)7)15-5-14-8/h1-2,6,13H,3-5H2;1-2,6,13H,3-5,12H2. The second-order valence-electron chi connectivity index (χ2n) is 8.25. The van der Waals surface area contributed by atoms with Gasteiger partial charge in [0.05, 0.1) is 0 Å². The van der Waals surface area contributed by atoms with Crippen LogP contribution in [0.3, 0.4) is 0 Å². The van der Waals surface area contributed by atoms with E-state index in [1.807, 2.05) is 12.1 Å².